The molecule has 5 atom stereocenters. The molecule has 15 heteroatoms. The first kappa shape index (κ1) is 35.1. The summed E-state index contributed by atoms with van der Waals surface area (Å²) < 4.78 is 10.8. The Bertz CT molecular complexity index is 1750. The van der Waals surface area contributed by atoms with E-state index in [1.165, 1.54) is 21.0 Å². The van der Waals surface area contributed by atoms with Gasteiger partial charge in [0.2, 0.25) is 11.8 Å². The number of methoxy groups -OCH3 is 1. The Morgan fingerprint density at radius 1 is 1.10 bits per heavy atom. The van der Waals surface area contributed by atoms with Crippen molar-refractivity contribution in [2.45, 2.75) is 95.0 Å². The molecule has 1 saturated heterocycles. The summed E-state index contributed by atoms with van der Waals surface area (Å²) in [5.74, 6) is -1.81. The number of carboxylic acids is 1. The molecule has 2 fully saturated rings. The highest BCUT2D eigenvalue weighted by atomic mass is 32.1. The van der Waals surface area contributed by atoms with Gasteiger partial charge in [-0.3, -0.25) is 9.59 Å². The Morgan fingerprint density at radius 3 is 2.54 bits per heavy atom. The monoisotopic (exact) mass is 705 g/mol. The number of ether oxygens (including phenoxy) is 2. The van der Waals surface area contributed by atoms with Crippen molar-refractivity contribution in [3.8, 4) is 27.7 Å². The Hall–Kier alpha value is -4.79. The van der Waals surface area contributed by atoms with Gasteiger partial charge in [0.1, 0.15) is 45.4 Å². The molecule has 6 rings (SSSR count). The van der Waals surface area contributed by atoms with Gasteiger partial charge in [-0.25, -0.2) is 14.6 Å². The summed E-state index contributed by atoms with van der Waals surface area (Å²) in [6, 6.07) is 4.85. The van der Waals surface area contributed by atoms with Gasteiger partial charge in [-0.1, -0.05) is 25.0 Å². The van der Waals surface area contributed by atoms with Crippen LogP contribution in [0.25, 0.3) is 22.0 Å². The SMILES string of the molecule is COc1ccc(-c2nn([C@H]3C[C@H]4C(=O)N[C@]5(C(=O)O)C[C@H]5C=CCCCCC[C@H](NC(=O)OC(C)(C)C)C(=O)N4C3)nc2-c2nccs2)cc1. The van der Waals surface area contributed by atoms with Crippen LogP contribution in [0.2, 0.25) is 0 Å². The minimum absolute atomic E-state index is 0.0564. The lowest BCUT2D eigenvalue weighted by Gasteiger charge is -2.30. The summed E-state index contributed by atoms with van der Waals surface area (Å²) in [6.45, 7) is 5.28. The van der Waals surface area contributed by atoms with Gasteiger partial charge in [0.05, 0.1) is 13.2 Å². The van der Waals surface area contributed by atoms with Crippen LogP contribution in [0.15, 0.2) is 48.0 Å². The molecule has 1 aliphatic carbocycles. The topological polar surface area (TPSA) is 178 Å². The van der Waals surface area contributed by atoms with Crippen molar-refractivity contribution in [2.75, 3.05) is 13.7 Å². The summed E-state index contributed by atoms with van der Waals surface area (Å²) in [7, 11) is 1.59. The average Bonchev–Trinajstić information content (AvgIpc) is 3.52. The van der Waals surface area contributed by atoms with E-state index in [4.69, 9.17) is 19.7 Å². The lowest BCUT2D eigenvalue weighted by molar-refractivity contribution is -0.145. The fraction of sp³-hybridized carbons (Fsp3) is 0.514. The van der Waals surface area contributed by atoms with E-state index in [-0.39, 0.29) is 25.3 Å². The maximum atomic E-state index is 14.4. The molecule has 50 heavy (non-hydrogen) atoms. The van der Waals surface area contributed by atoms with Gasteiger partial charge in [0.25, 0.3) is 0 Å². The zero-order chi connectivity index (χ0) is 35.6. The number of alkyl carbamates (subject to hydrolysis) is 1. The highest BCUT2D eigenvalue weighted by molar-refractivity contribution is 7.13. The van der Waals surface area contributed by atoms with Crippen molar-refractivity contribution < 1.29 is 33.8 Å². The molecule has 14 nitrogen and oxygen atoms in total. The number of amides is 3. The number of carbonyl (C=O) groups is 4. The fourth-order valence-corrected chi connectivity index (χ4v) is 7.23. The molecule has 266 valence electrons. The molecule has 3 aliphatic rings. The van der Waals surface area contributed by atoms with E-state index >= 15 is 0 Å². The second-order valence-corrected chi connectivity index (χ2v) is 14.9. The highest BCUT2D eigenvalue weighted by Crippen LogP contribution is 2.46. The number of carbonyl (C=O) groups excluding carboxylic acids is 3. The van der Waals surface area contributed by atoms with E-state index in [9.17, 15) is 24.3 Å². The number of fused-ring (bicyclic) bond motifs is 2. The third-order valence-electron chi connectivity index (χ3n) is 9.28. The molecule has 0 spiro atoms. The third kappa shape index (κ3) is 7.52. The minimum atomic E-state index is -1.45. The quantitative estimate of drug-likeness (QED) is 0.307. The second-order valence-electron chi connectivity index (χ2n) is 14.0. The van der Waals surface area contributed by atoms with Gasteiger partial charge in [0, 0.05) is 36.0 Å². The largest absolute Gasteiger partial charge is 0.497 e. The number of carboxylic acid groups (broad SMARTS) is 1. The van der Waals surface area contributed by atoms with Crippen LogP contribution >= 0.6 is 11.3 Å². The molecule has 0 bridgehead atoms. The van der Waals surface area contributed by atoms with Crippen molar-refractivity contribution in [3.63, 3.8) is 0 Å². The van der Waals surface area contributed by atoms with Crippen molar-refractivity contribution in [1.82, 2.24) is 35.5 Å². The van der Waals surface area contributed by atoms with Gasteiger partial charge >= 0.3 is 12.1 Å². The van der Waals surface area contributed by atoms with Gasteiger partial charge in [-0.15, -0.1) is 16.4 Å². The van der Waals surface area contributed by atoms with Crippen LogP contribution in [0.3, 0.4) is 0 Å². The first-order valence-electron chi connectivity index (χ1n) is 16.9. The Kier molecular flexibility index (Phi) is 9.96. The summed E-state index contributed by atoms with van der Waals surface area (Å²) in [5.41, 5.74) is -0.327. The molecule has 1 saturated carbocycles. The van der Waals surface area contributed by atoms with Crippen LogP contribution in [0.5, 0.6) is 5.75 Å². The molecule has 3 amide bonds. The average molecular weight is 706 g/mol. The number of hydrogen-bond donors (Lipinski definition) is 3. The number of hydrogen-bond acceptors (Lipinski definition) is 10. The predicted octanol–water partition coefficient (Wildman–Crippen LogP) is 4.59. The van der Waals surface area contributed by atoms with E-state index in [1.807, 2.05) is 41.8 Å². The predicted molar refractivity (Wildman–Crippen MR) is 184 cm³/mol. The number of allylic oxidation sites excluding steroid dienone is 1. The fourth-order valence-electron chi connectivity index (χ4n) is 6.61. The number of aliphatic carboxylic acids is 1. The number of thiazole rings is 1. The van der Waals surface area contributed by atoms with Crippen LogP contribution in [-0.4, -0.2) is 90.7 Å². The van der Waals surface area contributed by atoms with Crippen molar-refractivity contribution >= 4 is 35.2 Å². The molecule has 0 unspecified atom stereocenters. The summed E-state index contributed by atoms with van der Waals surface area (Å²) >= 11 is 1.41. The number of nitrogens with one attached hydrogen (secondary N) is 2. The van der Waals surface area contributed by atoms with E-state index in [2.05, 4.69) is 15.6 Å². The Morgan fingerprint density at radius 2 is 1.86 bits per heavy atom. The molecule has 2 aromatic heterocycles. The van der Waals surface area contributed by atoms with Crippen molar-refractivity contribution in [1.29, 1.82) is 0 Å². The minimum Gasteiger partial charge on any atom is -0.497 e. The third-order valence-corrected chi connectivity index (χ3v) is 10.1. The summed E-state index contributed by atoms with van der Waals surface area (Å²) in [6.07, 6.45) is 8.55. The Labute approximate surface area is 294 Å². The first-order valence-corrected chi connectivity index (χ1v) is 17.8. The lowest BCUT2D eigenvalue weighted by Crippen LogP contribution is -2.56. The van der Waals surface area contributed by atoms with E-state index in [0.717, 1.165) is 24.8 Å². The first-order chi connectivity index (χ1) is 23.9. The molecule has 0 radical (unpaired) electrons. The summed E-state index contributed by atoms with van der Waals surface area (Å²) in [4.78, 5) is 61.3. The summed E-state index contributed by atoms with van der Waals surface area (Å²) in [5, 5.41) is 28.0. The lowest BCUT2D eigenvalue weighted by atomic mass is 10.0. The standard InChI is InChI=1S/C35H43N7O7S/c1-34(2,3)49-33(47)37-25-11-9-7-5-6-8-10-22-19-35(22,32(45)46)38-29(43)26-18-23(20-41(26)31(25)44)42-39-27(21-12-14-24(48-4)15-13-21)28(40-42)30-36-16-17-50-30/h8,10,12-17,22-23,25-26H,5-7,9,11,18-20H2,1-4H3,(H,37,47)(H,38,43)(H,45,46)/t22-,23+,25+,26+,35-/m1/s1. The van der Waals surface area contributed by atoms with Crippen LogP contribution < -0.4 is 15.4 Å². The van der Waals surface area contributed by atoms with Gasteiger partial charge < -0.3 is 30.1 Å². The van der Waals surface area contributed by atoms with E-state index in [1.54, 1.807) is 34.1 Å². The second kappa shape index (κ2) is 14.2. The molecule has 3 aromatic rings. The normalized spacial score (nSPS) is 25.8. The molecular weight excluding hydrogens is 662 g/mol. The molecule has 3 N–H and O–H groups in total. The molecule has 2 aliphatic heterocycles. The maximum Gasteiger partial charge on any atom is 0.408 e. The molecule has 1 aromatic carbocycles. The van der Waals surface area contributed by atoms with E-state index in [0.29, 0.717) is 35.0 Å². The van der Waals surface area contributed by atoms with Crippen molar-refractivity contribution in [3.05, 3.63) is 48.0 Å². The highest BCUT2D eigenvalue weighted by Gasteiger charge is 2.61. The zero-order valence-electron chi connectivity index (χ0n) is 28.6. The number of rotatable bonds is 6. The molecular formula is C35H43N7O7S. The van der Waals surface area contributed by atoms with Crippen molar-refractivity contribution in [2.24, 2.45) is 5.92 Å². The molecule has 4 heterocycles. The zero-order valence-corrected chi connectivity index (χ0v) is 29.4. The van der Waals surface area contributed by atoms with Crippen LogP contribution in [0.1, 0.15) is 71.8 Å². The van der Waals surface area contributed by atoms with Gasteiger partial charge in [-0.05, 0) is 70.7 Å². The van der Waals surface area contributed by atoms with Crippen LogP contribution in [0, 0.1) is 5.92 Å². The van der Waals surface area contributed by atoms with E-state index < -0.39 is 53.1 Å². The Balaban J connectivity index is 1.35. The van der Waals surface area contributed by atoms with Crippen LogP contribution in [-0.2, 0) is 19.1 Å². The smallest absolute Gasteiger partial charge is 0.408 e. The number of benzene rings is 1. The number of aromatic nitrogens is 4. The number of nitrogens with zero attached hydrogens (tertiary/aromatic N) is 5. The van der Waals surface area contributed by atoms with Gasteiger partial charge in [-0.2, -0.15) is 9.90 Å². The van der Waals surface area contributed by atoms with Gasteiger partial charge in [0.15, 0.2) is 0 Å². The van der Waals surface area contributed by atoms with Crippen LogP contribution in [0.4, 0.5) is 4.79 Å². The maximum absolute atomic E-state index is 14.4.